The summed E-state index contributed by atoms with van der Waals surface area (Å²) in [5, 5.41) is 8.11. The SMILES string of the molecule is COCCNC(=O)Cc1ccc(NC(=O)NCCOC)cc1. The second kappa shape index (κ2) is 10.6. The third kappa shape index (κ3) is 7.61. The molecule has 1 aromatic rings. The number of carbonyl (C=O) groups excluding carboxylic acids is 2. The summed E-state index contributed by atoms with van der Waals surface area (Å²) in [4.78, 5) is 23.2. The Morgan fingerprint density at radius 2 is 1.55 bits per heavy atom. The number of hydrogen-bond acceptors (Lipinski definition) is 4. The third-order valence-electron chi connectivity index (χ3n) is 2.80. The van der Waals surface area contributed by atoms with Gasteiger partial charge in [0, 0.05) is 33.0 Å². The molecule has 7 nitrogen and oxygen atoms in total. The number of anilines is 1. The van der Waals surface area contributed by atoms with E-state index in [2.05, 4.69) is 16.0 Å². The molecule has 1 aromatic carbocycles. The molecule has 1 rings (SSSR count). The lowest BCUT2D eigenvalue weighted by molar-refractivity contribution is -0.120. The molecule has 7 heteroatoms. The van der Waals surface area contributed by atoms with Gasteiger partial charge in [-0.25, -0.2) is 4.79 Å². The standard InChI is InChI=1S/C15H23N3O4/c1-21-9-7-16-14(19)11-12-3-5-13(6-4-12)18-15(20)17-8-10-22-2/h3-6H,7-11H2,1-2H3,(H,16,19)(H2,17,18,20). The molecule has 122 valence electrons. The smallest absolute Gasteiger partial charge is 0.319 e. The van der Waals surface area contributed by atoms with Crippen LogP contribution in [0.4, 0.5) is 10.5 Å². The number of ether oxygens (including phenoxy) is 2. The van der Waals surface area contributed by atoms with Gasteiger partial charge in [-0.05, 0) is 17.7 Å². The van der Waals surface area contributed by atoms with Crippen LogP contribution in [0.1, 0.15) is 5.56 Å². The first kappa shape index (κ1) is 17.9. The predicted molar refractivity (Wildman–Crippen MR) is 83.9 cm³/mol. The van der Waals surface area contributed by atoms with Crippen molar-refractivity contribution in [2.45, 2.75) is 6.42 Å². The molecule has 0 aliphatic rings. The second-order valence-corrected chi connectivity index (χ2v) is 4.59. The highest BCUT2D eigenvalue weighted by Gasteiger charge is 2.04. The van der Waals surface area contributed by atoms with Gasteiger partial charge in [-0.3, -0.25) is 4.79 Å². The van der Waals surface area contributed by atoms with Gasteiger partial charge >= 0.3 is 6.03 Å². The second-order valence-electron chi connectivity index (χ2n) is 4.59. The number of hydrogen-bond donors (Lipinski definition) is 3. The van der Waals surface area contributed by atoms with Gasteiger partial charge in [-0.2, -0.15) is 0 Å². The highest BCUT2D eigenvalue weighted by atomic mass is 16.5. The van der Waals surface area contributed by atoms with Crippen LogP contribution in [0.3, 0.4) is 0 Å². The van der Waals surface area contributed by atoms with E-state index in [-0.39, 0.29) is 11.9 Å². The lowest BCUT2D eigenvalue weighted by Crippen LogP contribution is -2.31. The van der Waals surface area contributed by atoms with E-state index in [1.54, 1.807) is 38.5 Å². The highest BCUT2D eigenvalue weighted by Crippen LogP contribution is 2.09. The van der Waals surface area contributed by atoms with Crippen molar-refractivity contribution in [3.63, 3.8) is 0 Å². The van der Waals surface area contributed by atoms with Gasteiger partial charge in [0.05, 0.1) is 19.6 Å². The zero-order chi connectivity index (χ0) is 16.2. The van der Waals surface area contributed by atoms with Gasteiger partial charge < -0.3 is 25.4 Å². The van der Waals surface area contributed by atoms with Crippen LogP contribution in [0.25, 0.3) is 0 Å². The first-order valence-electron chi connectivity index (χ1n) is 7.04. The fourth-order valence-electron chi connectivity index (χ4n) is 1.69. The summed E-state index contributed by atoms with van der Waals surface area (Å²) < 4.78 is 9.70. The zero-order valence-corrected chi connectivity index (χ0v) is 13.0. The molecule has 0 spiro atoms. The van der Waals surface area contributed by atoms with E-state index in [9.17, 15) is 9.59 Å². The molecule has 0 fully saturated rings. The van der Waals surface area contributed by atoms with Crippen LogP contribution in [0, 0.1) is 0 Å². The van der Waals surface area contributed by atoms with E-state index in [0.717, 1.165) is 5.56 Å². The first-order chi connectivity index (χ1) is 10.7. The number of rotatable bonds is 9. The van der Waals surface area contributed by atoms with Crippen molar-refractivity contribution >= 4 is 17.6 Å². The molecule has 0 aliphatic heterocycles. The van der Waals surface area contributed by atoms with E-state index in [1.165, 1.54) is 0 Å². The number of carbonyl (C=O) groups is 2. The molecule has 0 unspecified atom stereocenters. The van der Waals surface area contributed by atoms with E-state index in [4.69, 9.17) is 9.47 Å². The Hall–Kier alpha value is -2.12. The Balaban J connectivity index is 2.36. The number of amides is 3. The summed E-state index contributed by atoms with van der Waals surface area (Å²) in [7, 11) is 3.16. The van der Waals surface area contributed by atoms with Crippen LogP contribution in [0.5, 0.6) is 0 Å². The van der Waals surface area contributed by atoms with Gasteiger partial charge in [0.2, 0.25) is 5.91 Å². The number of methoxy groups -OCH3 is 2. The van der Waals surface area contributed by atoms with E-state index >= 15 is 0 Å². The molecule has 3 N–H and O–H groups in total. The van der Waals surface area contributed by atoms with Crippen molar-refractivity contribution in [1.29, 1.82) is 0 Å². The molecule has 0 saturated heterocycles. The molecule has 3 amide bonds. The van der Waals surface area contributed by atoms with Crippen LogP contribution in [0.15, 0.2) is 24.3 Å². The summed E-state index contributed by atoms with van der Waals surface area (Å²) in [6.07, 6.45) is 0.296. The van der Waals surface area contributed by atoms with Crippen LogP contribution in [-0.2, 0) is 20.7 Å². The lowest BCUT2D eigenvalue weighted by Gasteiger charge is -2.08. The summed E-state index contributed by atoms with van der Waals surface area (Å²) in [6.45, 7) is 1.90. The van der Waals surface area contributed by atoms with Gasteiger partial charge in [0.25, 0.3) is 0 Å². The maximum Gasteiger partial charge on any atom is 0.319 e. The maximum atomic E-state index is 11.6. The van der Waals surface area contributed by atoms with Gasteiger partial charge in [-0.15, -0.1) is 0 Å². The Morgan fingerprint density at radius 3 is 2.14 bits per heavy atom. The van der Waals surface area contributed by atoms with E-state index < -0.39 is 0 Å². The summed E-state index contributed by atoms with van der Waals surface area (Å²) in [5.74, 6) is -0.0601. The van der Waals surface area contributed by atoms with Gasteiger partial charge in [-0.1, -0.05) is 12.1 Å². The Kier molecular flexibility index (Phi) is 8.63. The third-order valence-corrected chi connectivity index (χ3v) is 2.80. The molecule has 0 radical (unpaired) electrons. The van der Waals surface area contributed by atoms with E-state index in [1.807, 2.05) is 0 Å². The zero-order valence-electron chi connectivity index (χ0n) is 13.0. The fraction of sp³-hybridized carbons (Fsp3) is 0.467. The molecular weight excluding hydrogens is 286 g/mol. The maximum absolute atomic E-state index is 11.6. The molecular formula is C15H23N3O4. The van der Waals surface area contributed by atoms with Crippen LogP contribution in [-0.4, -0.2) is 52.5 Å². The van der Waals surface area contributed by atoms with Gasteiger partial charge in [0.15, 0.2) is 0 Å². The Bertz CT molecular complexity index is 419. The molecule has 0 heterocycles. The number of urea groups is 1. The van der Waals surface area contributed by atoms with Crippen LogP contribution in [0.2, 0.25) is 0 Å². The summed E-state index contributed by atoms with van der Waals surface area (Å²) in [5.41, 5.74) is 1.54. The predicted octanol–water partition coefficient (Wildman–Crippen LogP) is 0.760. The molecule has 0 aromatic heterocycles. The van der Waals surface area contributed by atoms with Gasteiger partial charge in [0.1, 0.15) is 0 Å². The van der Waals surface area contributed by atoms with Crippen LogP contribution >= 0.6 is 0 Å². The van der Waals surface area contributed by atoms with Crippen molar-refractivity contribution in [1.82, 2.24) is 10.6 Å². The molecule has 0 atom stereocenters. The molecule has 0 aliphatic carbocycles. The number of nitrogens with one attached hydrogen (secondary N) is 3. The average molecular weight is 309 g/mol. The normalized spacial score (nSPS) is 10.1. The molecule has 0 bridgehead atoms. The quantitative estimate of drug-likeness (QED) is 0.588. The van der Waals surface area contributed by atoms with E-state index in [0.29, 0.717) is 38.4 Å². The van der Waals surface area contributed by atoms with Crippen molar-refractivity contribution in [3.05, 3.63) is 29.8 Å². The topological polar surface area (TPSA) is 88.7 Å². The van der Waals surface area contributed by atoms with Crippen molar-refractivity contribution in [2.75, 3.05) is 45.8 Å². The van der Waals surface area contributed by atoms with Crippen molar-refractivity contribution < 1.29 is 19.1 Å². The average Bonchev–Trinajstić information content (AvgIpc) is 2.50. The monoisotopic (exact) mass is 309 g/mol. The minimum absolute atomic E-state index is 0.0601. The largest absolute Gasteiger partial charge is 0.383 e. The first-order valence-corrected chi connectivity index (χ1v) is 7.04. The summed E-state index contributed by atoms with van der Waals surface area (Å²) in [6, 6.07) is 6.84. The lowest BCUT2D eigenvalue weighted by atomic mass is 10.1. The fourth-order valence-corrected chi connectivity index (χ4v) is 1.69. The minimum Gasteiger partial charge on any atom is -0.383 e. The Labute approximate surface area is 130 Å². The van der Waals surface area contributed by atoms with Crippen LogP contribution < -0.4 is 16.0 Å². The summed E-state index contributed by atoms with van der Waals surface area (Å²) >= 11 is 0. The highest BCUT2D eigenvalue weighted by molar-refractivity contribution is 5.89. The van der Waals surface area contributed by atoms with Crippen molar-refractivity contribution in [3.8, 4) is 0 Å². The Morgan fingerprint density at radius 1 is 0.955 bits per heavy atom. The van der Waals surface area contributed by atoms with Crippen molar-refractivity contribution in [2.24, 2.45) is 0 Å². The molecule has 0 saturated carbocycles. The minimum atomic E-state index is -0.290. The number of benzene rings is 1. The molecule has 22 heavy (non-hydrogen) atoms.